The molecule has 3 amide bonds. The Morgan fingerprint density at radius 3 is 2.29 bits per heavy atom. The zero-order valence-electron chi connectivity index (χ0n) is 15.5. The highest BCUT2D eigenvalue weighted by atomic mass is 16.5. The number of rotatable bonds is 6. The molecule has 0 aliphatic carbocycles. The van der Waals surface area contributed by atoms with Gasteiger partial charge in [0.1, 0.15) is 12.6 Å². The molecule has 0 bridgehead atoms. The van der Waals surface area contributed by atoms with Crippen LogP contribution in [-0.2, 0) is 24.3 Å². The van der Waals surface area contributed by atoms with Crippen LogP contribution in [0.25, 0.3) is 0 Å². The van der Waals surface area contributed by atoms with Crippen LogP contribution in [0.3, 0.4) is 0 Å². The van der Waals surface area contributed by atoms with Gasteiger partial charge in [0, 0.05) is 13.0 Å². The van der Waals surface area contributed by atoms with Gasteiger partial charge in [0.15, 0.2) is 5.82 Å². The number of nitrogens with zero attached hydrogens (tertiary/aromatic N) is 4. The Balaban J connectivity index is 1.65. The van der Waals surface area contributed by atoms with Crippen molar-refractivity contribution >= 4 is 11.9 Å². The van der Waals surface area contributed by atoms with Crippen molar-refractivity contribution in [1.82, 2.24) is 19.9 Å². The summed E-state index contributed by atoms with van der Waals surface area (Å²) in [6.45, 7) is 2.22. The van der Waals surface area contributed by atoms with Crippen LogP contribution in [0.15, 0.2) is 65.2 Å². The van der Waals surface area contributed by atoms with Crippen molar-refractivity contribution in [2.24, 2.45) is 0 Å². The number of hydrogen-bond donors (Lipinski definition) is 0. The van der Waals surface area contributed by atoms with E-state index < -0.39 is 6.04 Å². The summed E-state index contributed by atoms with van der Waals surface area (Å²) in [5, 5.41) is 3.84. The van der Waals surface area contributed by atoms with E-state index in [2.05, 4.69) is 10.1 Å². The van der Waals surface area contributed by atoms with Crippen molar-refractivity contribution in [2.75, 3.05) is 0 Å². The molecule has 0 radical (unpaired) electrons. The first-order valence-corrected chi connectivity index (χ1v) is 9.19. The second kappa shape index (κ2) is 7.64. The third-order valence-electron chi connectivity index (χ3n) is 4.72. The summed E-state index contributed by atoms with van der Waals surface area (Å²) in [6, 6.07) is 17.9. The maximum absolute atomic E-state index is 13.2. The van der Waals surface area contributed by atoms with E-state index in [1.165, 1.54) is 4.90 Å². The summed E-state index contributed by atoms with van der Waals surface area (Å²) in [4.78, 5) is 33.3. The van der Waals surface area contributed by atoms with Crippen molar-refractivity contribution in [3.63, 3.8) is 0 Å². The lowest BCUT2D eigenvalue weighted by Gasteiger charge is -2.22. The van der Waals surface area contributed by atoms with Gasteiger partial charge in [-0.25, -0.2) is 4.79 Å². The fraction of sp³-hybridized carbons (Fsp3) is 0.238. The van der Waals surface area contributed by atoms with Gasteiger partial charge < -0.3 is 9.42 Å². The molecule has 4 rings (SSSR count). The number of hydrogen-bond acceptors (Lipinski definition) is 5. The second-order valence-corrected chi connectivity index (χ2v) is 6.59. The number of benzene rings is 2. The predicted molar refractivity (Wildman–Crippen MR) is 101 cm³/mol. The quantitative estimate of drug-likeness (QED) is 0.617. The van der Waals surface area contributed by atoms with Gasteiger partial charge in [-0.1, -0.05) is 72.7 Å². The Labute approximate surface area is 162 Å². The monoisotopic (exact) mass is 376 g/mol. The Kier molecular flexibility index (Phi) is 4.89. The summed E-state index contributed by atoms with van der Waals surface area (Å²) >= 11 is 0. The average Bonchev–Trinajstić information content (AvgIpc) is 3.28. The summed E-state index contributed by atoms with van der Waals surface area (Å²) < 4.78 is 5.18. The molecule has 142 valence electrons. The maximum Gasteiger partial charge on any atom is 0.328 e. The fourth-order valence-corrected chi connectivity index (χ4v) is 3.32. The lowest BCUT2D eigenvalue weighted by molar-refractivity contribution is -0.129. The number of imide groups is 1. The van der Waals surface area contributed by atoms with Crippen LogP contribution in [0.4, 0.5) is 4.79 Å². The normalized spacial score (nSPS) is 16.8. The van der Waals surface area contributed by atoms with Crippen LogP contribution in [-0.4, -0.2) is 31.9 Å². The minimum Gasteiger partial charge on any atom is -0.337 e. The molecule has 1 aromatic heterocycles. The first-order valence-electron chi connectivity index (χ1n) is 9.19. The Hall–Kier alpha value is -3.48. The fourth-order valence-electron chi connectivity index (χ4n) is 3.32. The molecule has 0 saturated carbocycles. The van der Waals surface area contributed by atoms with Crippen LogP contribution >= 0.6 is 0 Å². The van der Waals surface area contributed by atoms with Crippen LogP contribution < -0.4 is 0 Å². The molecule has 2 heterocycles. The zero-order valence-corrected chi connectivity index (χ0v) is 15.5. The summed E-state index contributed by atoms with van der Waals surface area (Å²) in [6.07, 6.45) is 0.623. The highest BCUT2D eigenvalue weighted by Crippen LogP contribution is 2.33. The van der Waals surface area contributed by atoms with Crippen LogP contribution in [0.2, 0.25) is 0 Å². The van der Waals surface area contributed by atoms with E-state index in [1.807, 2.05) is 67.6 Å². The van der Waals surface area contributed by atoms with Crippen molar-refractivity contribution in [3.8, 4) is 0 Å². The molecule has 0 spiro atoms. The number of amides is 3. The smallest absolute Gasteiger partial charge is 0.328 e. The minimum atomic E-state index is -0.678. The molecule has 1 fully saturated rings. The van der Waals surface area contributed by atoms with E-state index in [9.17, 15) is 9.59 Å². The first-order chi connectivity index (χ1) is 13.7. The largest absolute Gasteiger partial charge is 0.337 e. The molecule has 1 atom stereocenters. The highest BCUT2D eigenvalue weighted by molar-refractivity contribution is 6.04. The SMILES string of the molecule is CCc1noc(CN2C(=O)C(c3ccccc3)N(Cc3ccccc3)C2=O)n1. The van der Waals surface area contributed by atoms with E-state index in [0.717, 1.165) is 11.1 Å². The second-order valence-electron chi connectivity index (χ2n) is 6.59. The molecule has 0 N–H and O–H groups in total. The van der Waals surface area contributed by atoms with E-state index in [1.54, 1.807) is 4.90 Å². The summed E-state index contributed by atoms with van der Waals surface area (Å²) in [7, 11) is 0. The lowest BCUT2D eigenvalue weighted by Crippen LogP contribution is -2.32. The Morgan fingerprint density at radius 2 is 1.64 bits per heavy atom. The van der Waals surface area contributed by atoms with Gasteiger partial charge in [-0.05, 0) is 11.1 Å². The molecule has 7 nitrogen and oxygen atoms in total. The lowest BCUT2D eigenvalue weighted by atomic mass is 10.1. The number of carbonyl (C=O) groups is 2. The maximum atomic E-state index is 13.2. The minimum absolute atomic E-state index is 0.0285. The van der Waals surface area contributed by atoms with E-state index in [0.29, 0.717) is 18.8 Å². The molecule has 2 aromatic carbocycles. The average molecular weight is 376 g/mol. The number of carbonyl (C=O) groups excluding carboxylic acids is 2. The third-order valence-corrected chi connectivity index (χ3v) is 4.72. The van der Waals surface area contributed by atoms with Gasteiger partial charge in [0.25, 0.3) is 5.91 Å². The standard InChI is InChI=1S/C21H20N4O3/c1-2-17-22-18(28-23-17)14-25-20(26)19(16-11-7-4-8-12-16)24(21(25)27)13-15-9-5-3-6-10-15/h3-12,19H,2,13-14H2,1H3. The van der Waals surface area contributed by atoms with E-state index >= 15 is 0 Å². The number of aryl methyl sites for hydroxylation is 1. The Bertz CT molecular complexity index is 972. The van der Waals surface area contributed by atoms with Gasteiger partial charge in [-0.15, -0.1) is 0 Å². The van der Waals surface area contributed by atoms with Gasteiger partial charge in [-0.3, -0.25) is 9.69 Å². The molecule has 28 heavy (non-hydrogen) atoms. The number of aromatic nitrogens is 2. The molecule has 1 aliphatic rings. The predicted octanol–water partition coefficient (Wildman–Crippen LogP) is 3.34. The van der Waals surface area contributed by atoms with Crippen LogP contribution in [0, 0.1) is 0 Å². The van der Waals surface area contributed by atoms with Gasteiger partial charge in [0.05, 0.1) is 0 Å². The van der Waals surface area contributed by atoms with Crippen LogP contribution in [0.5, 0.6) is 0 Å². The molecule has 1 aliphatic heterocycles. The van der Waals surface area contributed by atoms with E-state index in [4.69, 9.17) is 4.52 Å². The van der Waals surface area contributed by atoms with Crippen molar-refractivity contribution in [3.05, 3.63) is 83.5 Å². The van der Waals surface area contributed by atoms with E-state index in [-0.39, 0.29) is 24.4 Å². The zero-order chi connectivity index (χ0) is 19.5. The number of urea groups is 1. The summed E-state index contributed by atoms with van der Waals surface area (Å²) in [5.74, 6) is 0.519. The van der Waals surface area contributed by atoms with Gasteiger partial charge >= 0.3 is 6.03 Å². The molecule has 1 saturated heterocycles. The molecular formula is C21H20N4O3. The Morgan fingerprint density at radius 1 is 0.964 bits per heavy atom. The molecular weight excluding hydrogens is 356 g/mol. The van der Waals surface area contributed by atoms with Crippen molar-refractivity contribution < 1.29 is 14.1 Å². The topological polar surface area (TPSA) is 79.5 Å². The highest BCUT2D eigenvalue weighted by Gasteiger charge is 2.46. The molecule has 3 aromatic rings. The third kappa shape index (κ3) is 3.38. The first kappa shape index (κ1) is 17.9. The van der Waals surface area contributed by atoms with Gasteiger partial charge in [0.2, 0.25) is 5.89 Å². The van der Waals surface area contributed by atoms with Crippen molar-refractivity contribution in [1.29, 1.82) is 0 Å². The summed E-state index contributed by atoms with van der Waals surface area (Å²) in [5.41, 5.74) is 1.73. The van der Waals surface area contributed by atoms with Gasteiger partial charge in [-0.2, -0.15) is 4.98 Å². The molecule has 7 heteroatoms. The molecule has 1 unspecified atom stereocenters. The van der Waals surface area contributed by atoms with Crippen molar-refractivity contribution in [2.45, 2.75) is 32.5 Å². The van der Waals surface area contributed by atoms with Crippen LogP contribution in [0.1, 0.15) is 35.8 Å².